The molecule has 1 heterocycles. The van der Waals surface area contributed by atoms with Crippen LogP contribution in [0.2, 0.25) is 0 Å². The number of rotatable bonds is 12. The molecule has 6 nitrogen and oxygen atoms in total. The van der Waals surface area contributed by atoms with Crippen molar-refractivity contribution < 1.29 is 9.47 Å². The van der Waals surface area contributed by atoms with Gasteiger partial charge < -0.3 is 25.0 Å². The van der Waals surface area contributed by atoms with Crippen molar-refractivity contribution in [3.8, 4) is 0 Å². The van der Waals surface area contributed by atoms with E-state index in [-0.39, 0.29) is 0 Å². The molecule has 0 saturated carbocycles. The van der Waals surface area contributed by atoms with Gasteiger partial charge in [-0.15, -0.1) is 0 Å². The highest BCUT2D eigenvalue weighted by molar-refractivity contribution is 5.79. The van der Waals surface area contributed by atoms with Gasteiger partial charge in [0.15, 0.2) is 5.96 Å². The lowest BCUT2D eigenvalue weighted by molar-refractivity contribution is 0.0893. The molecule has 0 spiro atoms. The SMILES string of the molecule is CCNC(=NCCCOCC1CCOC1)NCCN(C)C(C)CC. The summed E-state index contributed by atoms with van der Waals surface area (Å²) >= 11 is 0. The molecule has 1 saturated heterocycles. The molecule has 0 amide bonds. The highest BCUT2D eigenvalue weighted by Crippen LogP contribution is 2.12. The fourth-order valence-corrected chi connectivity index (χ4v) is 2.55. The van der Waals surface area contributed by atoms with Crippen molar-refractivity contribution in [1.82, 2.24) is 15.5 Å². The summed E-state index contributed by atoms with van der Waals surface area (Å²) in [6.07, 6.45) is 3.27. The van der Waals surface area contributed by atoms with Crippen molar-refractivity contribution in [1.29, 1.82) is 0 Å². The second kappa shape index (κ2) is 13.4. The lowest BCUT2D eigenvalue weighted by Crippen LogP contribution is -2.42. The smallest absolute Gasteiger partial charge is 0.191 e. The van der Waals surface area contributed by atoms with E-state index in [0.717, 1.165) is 71.4 Å². The Hall–Kier alpha value is -0.850. The number of likely N-dealkylation sites (N-methyl/N-ethyl adjacent to an activating group) is 1. The quantitative estimate of drug-likeness (QED) is 0.321. The molecule has 1 aliphatic rings. The summed E-state index contributed by atoms with van der Waals surface area (Å²) in [5.74, 6) is 1.49. The van der Waals surface area contributed by atoms with Gasteiger partial charge in [0.25, 0.3) is 0 Å². The Morgan fingerprint density at radius 1 is 1.38 bits per heavy atom. The van der Waals surface area contributed by atoms with Gasteiger partial charge in [0.05, 0.1) is 13.2 Å². The van der Waals surface area contributed by atoms with E-state index in [0.29, 0.717) is 12.0 Å². The predicted molar refractivity (Wildman–Crippen MR) is 101 cm³/mol. The van der Waals surface area contributed by atoms with E-state index in [4.69, 9.17) is 9.47 Å². The summed E-state index contributed by atoms with van der Waals surface area (Å²) in [7, 11) is 2.17. The first-order valence-electron chi connectivity index (χ1n) is 9.55. The maximum Gasteiger partial charge on any atom is 0.191 e. The molecule has 1 rings (SSSR count). The van der Waals surface area contributed by atoms with E-state index < -0.39 is 0 Å². The van der Waals surface area contributed by atoms with Gasteiger partial charge in [0.1, 0.15) is 0 Å². The van der Waals surface area contributed by atoms with Gasteiger partial charge in [0, 0.05) is 51.4 Å². The minimum atomic E-state index is 0.593. The number of nitrogens with one attached hydrogen (secondary N) is 2. The maximum atomic E-state index is 5.71. The van der Waals surface area contributed by atoms with Gasteiger partial charge in [-0.25, -0.2) is 0 Å². The molecular formula is C18H38N4O2. The number of hydrogen-bond donors (Lipinski definition) is 2. The Balaban J connectivity index is 2.12. The number of nitrogens with zero attached hydrogens (tertiary/aromatic N) is 2. The lowest BCUT2D eigenvalue weighted by Gasteiger charge is -2.24. The fourth-order valence-electron chi connectivity index (χ4n) is 2.55. The van der Waals surface area contributed by atoms with Crippen LogP contribution in [-0.4, -0.2) is 76.6 Å². The average molecular weight is 343 g/mol. The van der Waals surface area contributed by atoms with Crippen LogP contribution in [0.4, 0.5) is 0 Å². The van der Waals surface area contributed by atoms with E-state index in [1.54, 1.807) is 0 Å². The molecule has 6 heteroatoms. The minimum Gasteiger partial charge on any atom is -0.381 e. The first-order chi connectivity index (χ1) is 11.7. The second-order valence-corrected chi connectivity index (χ2v) is 6.58. The monoisotopic (exact) mass is 342 g/mol. The molecule has 0 aromatic heterocycles. The number of hydrogen-bond acceptors (Lipinski definition) is 4. The van der Waals surface area contributed by atoms with Gasteiger partial charge in [-0.1, -0.05) is 6.92 Å². The Morgan fingerprint density at radius 3 is 2.88 bits per heavy atom. The van der Waals surface area contributed by atoms with Crippen LogP contribution in [0.1, 0.15) is 40.0 Å². The zero-order valence-corrected chi connectivity index (χ0v) is 16.1. The van der Waals surface area contributed by atoms with Crippen LogP contribution in [0.15, 0.2) is 4.99 Å². The van der Waals surface area contributed by atoms with Gasteiger partial charge >= 0.3 is 0 Å². The summed E-state index contributed by atoms with van der Waals surface area (Å²) in [5.41, 5.74) is 0. The van der Waals surface area contributed by atoms with Crippen molar-refractivity contribution in [2.45, 2.75) is 46.1 Å². The molecule has 0 aliphatic carbocycles. The van der Waals surface area contributed by atoms with E-state index in [9.17, 15) is 0 Å². The fraction of sp³-hybridized carbons (Fsp3) is 0.944. The number of ether oxygens (including phenoxy) is 2. The third-order valence-corrected chi connectivity index (χ3v) is 4.54. The highest BCUT2D eigenvalue weighted by atomic mass is 16.5. The van der Waals surface area contributed by atoms with Crippen molar-refractivity contribution in [2.24, 2.45) is 10.9 Å². The van der Waals surface area contributed by atoms with Gasteiger partial charge in [-0.05, 0) is 40.2 Å². The zero-order valence-electron chi connectivity index (χ0n) is 16.1. The highest BCUT2D eigenvalue weighted by Gasteiger charge is 2.15. The summed E-state index contributed by atoms with van der Waals surface area (Å²) < 4.78 is 11.1. The van der Waals surface area contributed by atoms with Crippen LogP contribution in [-0.2, 0) is 9.47 Å². The molecule has 0 aromatic carbocycles. The summed E-state index contributed by atoms with van der Waals surface area (Å²) in [5, 5.41) is 6.70. The lowest BCUT2D eigenvalue weighted by atomic mass is 10.1. The zero-order chi connectivity index (χ0) is 17.6. The topological polar surface area (TPSA) is 58.1 Å². The molecule has 0 bridgehead atoms. The maximum absolute atomic E-state index is 5.71. The second-order valence-electron chi connectivity index (χ2n) is 6.58. The van der Waals surface area contributed by atoms with Crippen LogP contribution in [0.5, 0.6) is 0 Å². The number of guanidine groups is 1. The molecule has 2 atom stereocenters. The van der Waals surface area contributed by atoms with Crippen molar-refractivity contribution >= 4 is 5.96 Å². The summed E-state index contributed by atoms with van der Waals surface area (Å²) in [6.45, 7) is 13.5. The molecule has 2 N–H and O–H groups in total. The summed E-state index contributed by atoms with van der Waals surface area (Å²) in [4.78, 5) is 6.99. The van der Waals surface area contributed by atoms with Crippen LogP contribution >= 0.6 is 0 Å². The standard InChI is InChI=1S/C18H38N4O2/c1-5-16(3)22(4)11-10-21-18(19-6-2)20-9-7-12-23-14-17-8-13-24-15-17/h16-17H,5-15H2,1-4H3,(H2,19,20,21). The van der Waals surface area contributed by atoms with Crippen LogP contribution in [0.3, 0.4) is 0 Å². The summed E-state index contributed by atoms with van der Waals surface area (Å²) in [6, 6.07) is 0.619. The Kier molecular flexibility index (Phi) is 11.9. The normalized spacial score (nSPS) is 19.7. The minimum absolute atomic E-state index is 0.593. The van der Waals surface area contributed by atoms with Gasteiger partial charge in [-0.3, -0.25) is 4.99 Å². The first-order valence-corrected chi connectivity index (χ1v) is 9.55. The molecule has 0 aromatic rings. The van der Waals surface area contributed by atoms with Gasteiger partial charge in [0.2, 0.25) is 0 Å². The third-order valence-electron chi connectivity index (χ3n) is 4.54. The molecule has 2 unspecified atom stereocenters. The molecule has 1 aliphatic heterocycles. The van der Waals surface area contributed by atoms with Crippen molar-refractivity contribution in [2.75, 3.05) is 59.7 Å². The largest absolute Gasteiger partial charge is 0.381 e. The molecule has 24 heavy (non-hydrogen) atoms. The van der Waals surface area contributed by atoms with Crippen molar-refractivity contribution in [3.05, 3.63) is 0 Å². The first kappa shape index (κ1) is 21.2. The molecule has 1 fully saturated rings. The average Bonchev–Trinajstić information content (AvgIpc) is 3.10. The third kappa shape index (κ3) is 9.45. The molecular weight excluding hydrogens is 304 g/mol. The Labute approximate surface area is 148 Å². The Morgan fingerprint density at radius 2 is 2.21 bits per heavy atom. The predicted octanol–water partition coefficient (Wildman–Crippen LogP) is 1.72. The Bertz CT molecular complexity index is 333. The molecule has 142 valence electrons. The van der Waals surface area contributed by atoms with Crippen LogP contribution in [0.25, 0.3) is 0 Å². The van der Waals surface area contributed by atoms with E-state index in [1.807, 2.05) is 0 Å². The van der Waals surface area contributed by atoms with Crippen LogP contribution < -0.4 is 10.6 Å². The van der Waals surface area contributed by atoms with Crippen LogP contribution in [0, 0.1) is 5.92 Å². The van der Waals surface area contributed by atoms with E-state index >= 15 is 0 Å². The molecule has 0 radical (unpaired) electrons. The van der Waals surface area contributed by atoms with E-state index in [2.05, 4.69) is 48.3 Å². The van der Waals surface area contributed by atoms with E-state index in [1.165, 1.54) is 6.42 Å². The van der Waals surface area contributed by atoms with Crippen molar-refractivity contribution in [3.63, 3.8) is 0 Å². The van der Waals surface area contributed by atoms with Gasteiger partial charge in [-0.2, -0.15) is 0 Å². The number of aliphatic imine (C=N–C) groups is 1.